The number of hydrogen-bond acceptors (Lipinski definition) is 5. The van der Waals surface area contributed by atoms with Crippen molar-refractivity contribution in [2.24, 2.45) is 0 Å². The van der Waals surface area contributed by atoms with Gasteiger partial charge in [-0.15, -0.1) is 0 Å². The number of carbonyl (C=O) groups is 2. The maximum Gasteiger partial charge on any atom is 0.289 e. The Balaban J connectivity index is 1.18. The predicted octanol–water partition coefficient (Wildman–Crippen LogP) is 2.67. The van der Waals surface area contributed by atoms with Gasteiger partial charge in [0.25, 0.3) is 5.91 Å². The van der Waals surface area contributed by atoms with E-state index >= 15 is 0 Å². The average Bonchev–Trinajstić information content (AvgIpc) is 3.48. The van der Waals surface area contributed by atoms with Crippen molar-refractivity contribution in [2.75, 3.05) is 56.0 Å². The number of nitrogens with one attached hydrogen (secondary N) is 1. The Labute approximate surface area is 171 Å². The second-order valence-electron chi connectivity index (χ2n) is 7.57. The van der Waals surface area contributed by atoms with Gasteiger partial charge in [0.1, 0.15) is 0 Å². The molecule has 2 aliphatic heterocycles. The van der Waals surface area contributed by atoms with E-state index in [9.17, 15) is 9.59 Å². The Bertz CT molecular complexity index is 805. The lowest BCUT2D eigenvalue weighted by Gasteiger charge is -2.34. The molecule has 0 aliphatic carbocycles. The van der Waals surface area contributed by atoms with Crippen molar-refractivity contribution in [3.63, 3.8) is 0 Å². The fourth-order valence-electron chi connectivity index (χ4n) is 3.95. The van der Waals surface area contributed by atoms with E-state index in [1.165, 1.54) is 24.8 Å². The Hall–Kier alpha value is -2.96. The fraction of sp³-hybridized carbons (Fsp3) is 0.455. The van der Waals surface area contributed by atoms with Crippen molar-refractivity contribution in [1.82, 2.24) is 9.80 Å². The van der Waals surface area contributed by atoms with E-state index in [2.05, 4.69) is 34.5 Å². The minimum absolute atomic E-state index is 0.110. The molecule has 0 atom stereocenters. The largest absolute Gasteiger partial charge is 0.459 e. The third kappa shape index (κ3) is 4.72. The molecule has 29 heavy (non-hydrogen) atoms. The summed E-state index contributed by atoms with van der Waals surface area (Å²) in [5.74, 6) is 0.363. The molecule has 0 unspecified atom stereocenters. The van der Waals surface area contributed by atoms with E-state index in [4.69, 9.17) is 4.42 Å². The standard InChI is InChI=1S/C22H28N4O3/c27-21(25-13-15-26(16-14-25)22(28)20-4-3-17-29-20)9-10-23-18-5-7-19(8-6-18)24-11-1-2-12-24/h3-8,17,23H,1-2,9-16H2. The Morgan fingerprint density at radius 3 is 2.24 bits per heavy atom. The van der Waals surface area contributed by atoms with E-state index in [0.29, 0.717) is 44.9 Å². The third-order valence-electron chi connectivity index (χ3n) is 5.66. The first kappa shape index (κ1) is 19.4. The van der Waals surface area contributed by atoms with Gasteiger partial charge in [-0.2, -0.15) is 0 Å². The molecule has 4 rings (SSSR count). The monoisotopic (exact) mass is 396 g/mol. The van der Waals surface area contributed by atoms with Gasteiger partial charge in [0.05, 0.1) is 6.26 Å². The van der Waals surface area contributed by atoms with Gasteiger partial charge in [-0.1, -0.05) is 0 Å². The quantitative estimate of drug-likeness (QED) is 0.813. The molecule has 0 spiro atoms. The molecular weight excluding hydrogens is 368 g/mol. The third-order valence-corrected chi connectivity index (χ3v) is 5.66. The molecular formula is C22H28N4O3. The number of carbonyl (C=O) groups excluding carboxylic acids is 2. The Morgan fingerprint density at radius 2 is 1.59 bits per heavy atom. The summed E-state index contributed by atoms with van der Waals surface area (Å²) < 4.78 is 5.17. The molecule has 7 nitrogen and oxygen atoms in total. The molecule has 0 bridgehead atoms. The van der Waals surface area contributed by atoms with E-state index in [0.717, 1.165) is 18.8 Å². The van der Waals surface area contributed by atoms with Crippen LogP contribution in [0.2, 0.25) is 0 Å². The maximum atomic E-state index is 12.5. The number of benzene rings is 1. The van der Waals surface area contributed by atoms with Crippen LogP contribution in [0.15, 0.2) is 47.1 Å². The molecule has 1 aromatic carbocycles. The van der Waals surface area contributed by atoms with Gasteiger partial charge in [0.15, 0.2) is 5.76 Å². The number of amides is 2. The highest BCUT2D eigenvalue weighted by atomic mass is 16.3. The van der Waals surface area contributed by atoms with E-state index in [-0.39, 0.29) is 11.8 Å². The number of piperazine rings is 1. The van der Waals surface area contributed by atoms with Crippen LogP contribution in [0.25, 0.3) is 0 Å². The van der Waals surface area contributed by atoms with Crippen LogP contribution in [-0.4, -0.2) is 67.4 Å². The van der Waals surface area contributed by atoms with Crippen LogP contribution in [-0.2, 0) is 4.79 Å². The fourth-order valence-corrected chi connectivity index (χ4v) is 3.95. The van der Waals surface area contributed by atoms with Crippen molar-refractivity contribution in [1.29, 1.82) is 0 Å². The van der Waals surface area contributed by atoms with Crippen LogP contribution >= 0.6 is 0 Å². The highest BCUT2D eigenvalue weighted by molar-refractivity contribution is 5.91. The Kier molecular flexibility index (Phi) is 6.03. The smallest absolute Gasteiger partial charge is 0.289 e. The zero-order valence-electron chi connectivity index (χ0n) is 16.7. The summed E-state index contributed by atoms with van der Waals surface area (Å²) in [6.07, 6.45) is 4.49. The van der Waals surface area contributed by atoms with Crippen LogP contribution in [0, 0.1) is 0 Å². The molecule has 2 amide bonds. The van der Waals surface area contributed by atoms with Gasteiger partial charge in [-0.05, 0) is 49.2 Å². The minimum Gasteiger partial charge on any atom is -0.459 e. The number of rotatable bonds is 6. The predicted molar refractivity (Wildman–Crippen MR) is 112 cm³/mol. The highest BCUT2D eigenvalue weighted by Crippen LogP contribution is 2.22. The summed E-state index contributed by atoms with van der Waals surface area (Å²) in [5, 5.41) is 3.34. The summed E-state index contributed by atoms with van der Waals surface area (Å²) in [6, 6.07) is 11.8. The topological polar surface area (TPSA) is 69.0 Å². The normalized spacial score (nSPS) is 16.9. The van der Waals surface area contributed by atoms with Crippen LogP contribution < -0.4 is 10.2 Å². The Morgan fingerprint density at radius 1 is 0.897 bits per heavy atom. The molecule has 7 heteroatoms. The molecule has 1 aromatic heterocycles. The molecule has 1 N–H and O–H groups in total. The number of furan rings is 1. The number of anilines is 2. The van der Waals surface area contributed by atoms with Crippen molar-refractivity contribution >= 4 is 23.2 Å². The lowest BCUT2D eigenvalue weighted by molar-refractivity contribution is -0.132. The first-order chi connectivity index (χ1) is 14.2. The van der Waals surface area contributed by atoms with Crippen molar-refractivity contribution < 1.29 is 14.0 Å². The maximum absolute atomic E-state index is 12.5. The zero-order chi connectivity index (χ0) is 20.1. The van der Waals surface area contributed by atoms with Gasteiger partial charge in [-0.3, -0.25) is 9.59 Å². The van der Waals surface area contributed by atoms with Crippen LogP contribution in [0.4, 0.5) is 11.4 Å². The molecule has 2 aromatic rings. The minimum atomic E-state index is -0.110. The van der Waals surface area contributed by atoms with Crippen molar-refractivity contribution in [3.8, 4) is 0 Å². The van der Waals surface area contributed by atoms with Gasteiger partial charge in [0, 0.05) is 63.6 Å². The second kappa shape index (κ2) is 9.03. The lowest BCUT2D eigenvalue weighted by Crippen LogP contribution is -2.50. The lowest BCUT2D eigenvalue weighted by atomic mass is 10.2. The molecule has 3 heterocycles. The summed E-state index contributed by atoms with van der Waals surface area (Å²) in [7, 11) is 0. The van der Waals surface area contributed by atoms with E-state index in [1.807, 2.05) is 4.90 Å². The SMILES string of the molecule is O=C(CCNc1ccc(N2CCCC2)cc1)N1CCN(C(=O)c2ccco2)CC1. The van der Waals surface area contributed by atoms with Crippen LogP contribution in [0.5, 0.6) is 0 Å². The summed E-state index contributed by atoms with van der Waals surface area (Å²) in [4.78, 5) is 30.8. The summed E-state index contributed by atoms with van der Waals surface area (Å²) in [5.41, 5.74) is 2.31. The van der Waals surface area contributed by atoms with Gasteiger partial charge in [0.2, 0.25) is 5.91 Å². The van der Waals surface area contributed by atoms with Gasteiger partial charge < -0.3 is 24.4 Å². The van der Waals surface area contributed by atoms with Crippen molar-refractivity contribution in [2.45, 2.75) is 19.3 Å². The zero-order valence-corrected chi connectivity index (χ0v) is 16.7. The summed E-state index contributed by atoms with van der Waals surface area (Å²) >= 11 is 0. The van der Waals surface area contributed by atoms with E-state index < -0.39 is 0 Å². The second-order valence-corrected chi connectivity index (χ2v) is 7.57. The van der Waals surface area contributed by atoms with E-state index in [1.54, 1.807) is 17.0 Å². The first-order valence-electron chi connectivity index (χ1n) is 10.4. The van der Waals surface area contributed by atoms with Gasteiger partial charge in [-0.25, -0.2) is 0 Å². The molecule has 2 fully saturated rings. The van der Waals surface area contributed by atoms with Crippen molar-refractivity contribution in [3.05, 3.63) is 48.4 Å². The van der Waals surface area contributed by atoms with Gasteiger partial charge >= 0.3 is 0 Å². The molecule has 0 radical (unpaired) electrons. The molecule has 0 saturated carbocycles. The molecule has 154 valence electrons. The summed E-state index contributed by atoms with van der Waals surface area (Å²) in [6.45, 7) is 5.09. The number of hydrogen-bond donors (Lipinski definition) is 1. The highest BCUT2D eigenvalue weighted by Gasteiger charge is 2.25. The average molecular weight is 396 g/mol. The van der Waals surface area contributed by atoms with Crippen LogP contribution in [0.1, 0.15) is 29.8 Å². The number of nitrogens with zero attached hydrogens (tertiary/aromatic N) is 3. The first-order valence-corrected chi connectivity index (χ1v) is 10.4. The van der Waals surface area contributed by atoms with Crippen LogP contribution in [0.3, 0.4) is 0 Å². The molecule has 2 aliphatic rings. The molecule has 2 saturated heterocycles.